The Morgan fingerprint density at radius 1 is 0.821 bits per heavy atom. The topological polar surface area (TPSA) is 21.3 Å². The third-order valence-corrected chi connectivity index (χ3v) is 4.78. The zero-order valence-electron chi connectivity index (χ0n) is 16.7. The van der Waals surface area contributed by atoms with Crippen molar-refractivity contribution in [2.24, 2.45) is 0 Å². The molecule has 28 heavy (non-hydrogen) atoms. The first-order chi connectivity index (χ1) is 13.2. The maximum atomic E-state index is 5.90. The van der Waals surface area contributed by atoms with E-state index >= 15 is 0 Å². The van der Waals surface area contributed by atoms with Gasteiger partial charge in [-0.15, -0.1) is 12.4 Å². The number of halogens is 1. The highest BCUT2D eigenvalue weighted by molar-refractivity contribution is 5.85. The monoisotopic (exact) mass is 395 g/mol. The van der Waals surface area contributed by atoms with E-state index in [1.165, 1.54) is 28.7 Å². The van der Waals surface area contributed by atoms with Gasteiger partial charge in [0.15, 0.2) is 0 Å². The molecular weight excluding hydrogens is 366 g/mol. The van der Waals surface area contributed by atoms with Crippen LogP contribution >= 0.6 is 12.4 Å². The zero-order valence-corrected chi connectivity index (χ0v) is 17.5. The molecule has 0 aromatic heterocycles. The van der Waals surface area contributed by atoms with E-state index in [0.717, 1.165) is 18.7 Å². The molecule has 3 aromatic carbocycles. The van der Waals surface area contributed by atoms with Gasteiger partial charge in [0.1, 0.15) is 12.4 Å². The highest BCUT2D eigenvalue weighted by atomic mass is 35.5. The van der Waals surface area contributed by atoms with Crippen LogP contribution in [0.25, 0.3) is 0 Å². The summed E-state index contributed by atoms with van der Waals surface area (Å²) in [6, 6.07) is 28.0. The second kappa shape index (κ2) is 11.5. The normalized spacial score (nSPS) is 11.5. The van der Waals surface area contributed by atoms with Crippen LogP contribution in [-0.2, 0) is 13.2 Å². The number of hydrogen-bond donors (Lipinski definition) is 1. The fourth-order valence-electron chi connectivity index (χ4n) is 3.16. The lowest BCUT2D eigenvalue weighted by atomic mass is 10.0. The highest BCUT2D eigenvalue weighted by Crippen LogP contribution is 2.20. The quantitative estimate of drug-likeness (QED) is 0.439. The van der Waals surface area contributed by atoms with Gasteiger partial charge in [-0.1, -0.05) is 85.6 Å². The van der Waals surface area contributed by atoms with Crippen LogP contribution < -0.4 is 10.1 Å². The van der Waals surface area contributed by atoms with E-state index in [1.807, 2.05) is 0 Å². The molecule has 0 bridgehead atoms. The SMILES string of the molecule is CCCC(NCc1ccc(OCc2ccc(C)cc2)cc1)c1ccccc1.Cl. The molecular formula is C25H30ClNO. The van der Waals surface area contributed by atoms with E-state index in [4.69, 9.17) is 4.74 Å². The number of benzene rings is 3. The van der Waals surface area contributed by atoms with Crippen molar-refractivity contribution in [2.45, 2.75) is 45.9 Å². The van der Waals surface area contributed by atoms with Gasteiger partial charge in [-0.25, -0.2) is 0 Å². The summed E-state index contributed by atoms with van der Waals surface area (Å²) in [6.45, 7) is 5.79. The van der Waals surface area contributed by atoms with Crippen molar-refractivity contribution in [2.75, 3.05) is 0 Å². The molecule has 0 heterocycles. The van der Waals surface area contributed by atoms with Crippen LogP contribution in [0, 0.1) is 6.92 Å². The van der Waals surface area contributed by atoms with Crippen molar-refractivity contribution in [3.8, 4) is 5.75 Å². The van der Waals surface area contributed by atoms with E-state index in [9.17, 15) is 0 Å². The molecule has 0 aliphatic carbocycles. The average molecular weight is 396 g/mol. The highest BCUT2D eigenvalue weighted by Gasteiger charge is 2.09. The molecule has 2 nitrogen and oxygen atoms in total. The molecule has 148 valence electrons. The number of rotatable bonds is 9. The minimum absolute atomic E-state index is 0. The van der Waals surface area contributed by atoms with Crippen molar-refractivity contribution in [1.82, 2.24) is 5.32 Å². The third-order valence-electron chi connectivity index (χ3n) is 4.78. The predicted molar refractivity (Wildman–Crippen MR) is 120 cm³/mol. The summed E-state index contributed by atoms with van der Waals surface area (Å²) >= 11 is 0. The first-order valence-corrected chi connectivity index (χ1v) is 9.80. The molecule has 3 aromatic rings. The van der Waals surface area contributed by atoms with Crippen molar-refractivity contribution >= 4 is 12.4 Å². The Labute approximate surface area is 175 Å². The summed E-state index contributed by atoms with van der Waals surface area (Å²) in [5.74, 6) is 0.910. The van der Waals surface area contributed by atoms with Gasteiger partial charge in [-0.05, 0) is 42.2 Å². The van der Waals surface area contributed by atoms with E-state index in [2.05, 4.69) is 98.0 Å². The first kappa shape index (κ1) is 22.0. The molecule has 0 saturated heterocycles. The van der Waals surface area contributed by atoms with Crippen molar-refractivity contribution in [1.29, 1.82) is 0 Å². The van der Waals surface area contributed by atoms with Crippen LogP contribution in [0.4, 0.5) is 0 Å². The number of hydrogen-bond acceptors (Lipinski definition) is 2. The Balaban J connectivity index is 0.00000280. The Kier molecular flexibility index (Phi) is 9.06. The van der Waals surface area contributed by atoms with Crippen molar-refractivity contribution < 1.29 is 4.74 Å². The van der Waals surface area contributed by atoms with Gasteiger partial charge >= 0.3 is 0 Å². The van der Waals surface area contributed by atoms with Crippen LogP contribution in [0.5, 0.6) is 5.75 Å². The molecule has 0 spiro atoms. The number of ether oxygens (including phenoxy) is 1. The molecule has 3 heteroatoms. The molecule has 0 aliphatic rings. The van der Waals surface area contributed by atoms with Gasteiger partial charge in [0.25, 0.3) is 0 Å². The molecule has 0 fully saturated rings. The summed E-state index contributed by atoms with van der Waals surface area (Å²) < 4.78 is 5.90. The van der Waals surface area contributed by atoms with Crippen LogP contribution in [0.2, 0.25) is 0 Å². The summed E-state index contributed by atoms with van der Waals surface area (Å²) in [7, 11) is 0. The summed E-state index contributed by atoms with van der Waals surface area (Å²) in [5, 5.41) is 3.70. The minimum atomic E-state index is 0. The van der Waals surface area contributed by atoms with Crippen molar-refractivity contribution in [3.05, 3.63) is 101 Å². The van der Waals surface area contributed by atoms with Crippen LogP contribution in [0.1, 0.15) is 48.1 Å². The van der Waals surface area contributed by atoms with Gasteiger partial charge in [0.05, 0.1) is 0 Å². The molecule has 1 unspecified atom stereocenters. The second-order valence-corrected chi connectivity index (χ2v) is 7.05. The standard InChI is InChI=1S/C25H29NO.ClH/c1-3-7-25(23-8-5-4-6-9-23)26-18-21-14-16-24(17-15-21)27-19-22-12-10-20(2)11-13-22;/h4-6,8-17,25-26H,3,7,18-19H2,1-2H3;1H. The second-order valence-electron chi connectivity index (χ2n) is 7.05. The maximum Gasteiger partial charge on any atom is 0.119 e. The van der Waals surface area contributed by atoms with Crippen LogP contribution in [0.15, 0.2) is 78.9 Å². The van der Waals surface area contributed by atoms with E-state index in [0.29, 0.717) is 12.6 Å². The van der Waals surface area contributed by atoms with Crippen LogP contribution in [-0.4, -0.2) is 0 Å². The van der Waals surface area contributed by atoms with Gasteiger partial charge in [-0.2, -0.15) is 0 Å². The van der Waals surface area contributed by atoms with Crippen LogP contribution in [0.3, 0.4) is 0 Å². The predicted octanol–water partition coefficient (Wildman–Crippen LogP) is 6.63. The number of nitrogens with one attached hydrogen (secondary N) is 1. The fourth-order valence-corrected chi connectivity index (χ4v) is 3.16. The largest absolute Gasteiger partial charge is 0.489 e. The Hall–Kier alpha value is -2.29. The molecule has 1 atom stereocenters. The Morgan fingerprint density at radius 3 is 2.11 bits per heavy atom. The smallest absolute Gasteiger partial charge is 0.119 e. The average Bonchev–Trinajstić information content (AvgIpc) is 2.72. The van der Waals surface area contributed by atoms with Gasteiger partial charge in [0.2, 0.25) is 0 Å². The molecule has 0 amide bonds. The summed E-state index contributed by atoms with van der Waals surface area (Å²) in [4.78, 5) is 0. The summed E-state index contributed by atoms with van der Waals surface area (Å²) in [6.07, 6.45) is 2.31. The lowest BCUT2D eigenvalue weighted by molar-refractivity contribution is 0.306. The first-order valence-electron chi connectivity index (χ1n) is 9.80. The molecule has 0 saturated carbocycles. The van der Waals surface area contributed by atoms with Gasteiger partial charge < -0.3 is 10.1 Å². The maximum absolute atomic E-state index is 5.90. The Bertz CT molecular complexity index is 800. The minimum Gasteiger partial charge on any atom is -0.489 e. The van der Waals surface area contributed by atoms with E-state index in [-0.39, 0.29) is 12.4 Å². The molecule has 0 aliphatic heterocycles. The molecule has 3 rings (SSSR count). The Morgan fingerprint density at radius 2 is 1.46 bits per heavy atom. The van der Waals surface area contributed by atoms with Gasteiger partial charge in [-0.3, -0.25) is 0 Å². The lowest BCUT2D eigenvalue weighted by Gasteiger charge is -2.19. The van der Waals surface area contributed by atoms with Gasteiger partial charge in [0, 0.05) is 12.6 Å². The zero-order chi connectivity index (χ0) is 18.9. The van der Waals surface area contributed by atoms with E-state index < -0.39 is 0 Å². The van der Waals surface area contributed by atoms with E-state index in [1.54, 1.807) is 0 Å². The lowest BCUT2D eigenvalue weighted by Crippen LogP contribution is -2.20. The molecule has 0 radical (unpaired) electrons. The number of aryl methyl sites for hydroxylation is 1. The fraction of sp³-hybridized carbons (Fsp3) is 0.280. The third kappa shape index (κ3) is 6.70. The van der Waals surface area contributed by atoms with Crippen molar-refractivity contribution in [3.63, 3.8) is 0 Å². The summed E-state index contributed by atoms with van der Waals surface area (Å²) in [5.41, 5.74) is 5.09. The molecule has 1 N–H and O–H groups in total.